The van der Waals surface area contributed by atoms with Gasteiger partial charge in [0.05, 0.1) is 0 Å². The van der Waals surface area contributed by atoms with Crippen molar-refractivity contribution in [2.24, 2.45) is 4.99 Å². The van der Waals surface area contributed by atoms with Crippen molar-refractivity contribution < 1.29 is 4.79 Å². The van der Waals surface area contributed by atoms with Crippen LogP contribution in [0.5, 0.6) is 0 Å². The Hall–Kier alpha value is -2.14. The zero-order chi connectivity index (χ0) is 15.4. The Bertz CT molecular complexity index is 710. The minimum atomic E-state index is -0.122. The van der Waals surface area contributed by atoms with Crippen LogP contribution in [0.4, 0.5) is 5.69 Å². The van der Waals surface area contributed by atoms with Gasteiger partial charge < -0.3 is 10.6 Å². The van der Waals surface area contributed by atoms with E-state index in [9.17, 15) is 4.79 Å². The number of carbonyl (C=O) groups is 1. The van der Waals surface area contributed by atoms with Crippen molar-refractivity contribution >= 4 is 33.4 Å². The maximum atomic E-state index is 12.2. The molecule has 1 aliphatic heterocycles. The van der Waals surface area contributed by atoms with Gasteiger partial charge in [0.2, 0.25) is 0 Å². The zero-order valence-electron chi connectivity index (χ0n) is 12.0. The molecule has 3 rings (SSSR count). The summed E-state index contributed by atoms with van der Waals surface area (Å²) in [6.45, 7) is 1.78. The van der Waals surface area contributed by atoms with E-state index in [0.29, 0.717) is 5.56 Å². The molecule has 0 saturated carbocycles. The van der Waals surface area contributed by atoms with Gasteiger partial charge in [0, 0.05) is 34.4 Å². The number of benzene rings is 2. The van der Waals surface area contributed by atoms with E-state index in [0.717, 1.165) is 41.1 Å². The molecule has 112 valence electrons. The summed E-state index contributed by atoms with van der Waals surface area (Å²) >= 11 is 3.36. The van der Waals surface area contributed by atoms with Crippen molar-refractivity contribution in [1.29, 1.82) is 0 Å². The van der Waals surface area contributed by atoms with Crippen molar-refractivity contribution in [3.63, 3.8) is 0 Å². The van der Waals surface area contributed by atoms with Crippen LogP contribution in [-0.4, -0.2) is 24.8 Å². The number of amidine groups is 1. The quantitative estimate of drug-likeness (QED) is 0.883. The summed E-state index contributed by atoms with van der Waals surface area (Å²) in [7, 11) is 0. The van der Waals surface area contributed by atoms with Gasteiger partial charge in [-0.05, 0) is 42.8 Å². The molecule has 0 aromatic heterocycles. The SMILES string of the molecule is O=C(Nc1cccc(C2=NCCCN2)c1)c1ccc(Br)cc1. The van der Waals surface area contributed by atoms with Crippen LogP contribution in [0, 0.1) is 0 Å². The molecule has 0 radical (unpaired) electrons. The Morgan fingerprint density at radius 2 is 2.00 bits per heavy atom. The Morgan fingerprint density at radius 1 is 1.18 bits per heavy atom. The molecule has 0 fully saturated rings. The first kappa shape index (κ1) is 14.8. The Kier molecular flexibility index (Phi) is 4.53. The van der Waals surface area contributed by atoms with Crippen LogP contribution in [0.1, 0.15) is 22.3 Å². The van der Waals surface area contributed by atoms with E-state index in [-0.39, 0.29) is 5.91 Å². The van der Waals surface area contributed by atoms with Crippen LogP contribution < -0.4 is 10.6 Å². The highest BCUT2D eigenvalue weighted by Gasteiger charge is 2.09. The standard InChI is InChI=1S/C17H16BrN3O/c18-14-7-5-12(6-8-14)17(22)21-15-4-1-3-13(11-15)16-19-9-2-10-20-16/h1,3-8,11H,2,9-10H2,(H,19,20)(H,21,22). The van der Waals surface area contributed by atoms with Crippen molar-refractivity contribution in [3.8, 4) is 0 Å². The van der Waals surface area contributed by atoms with Crippen molar-refractivity contribution in [2.45, 2.75) is 6.42 Å². The van der Waals surface area contributed by atoms with Crippen LogP contribution >= 0.6 is 15.9 Å². The number of nitrogens with one attached hydrogen (secondary N) is 2. The molecule has 0 spiro atoms. The van der Waals surface area contributed by atoms with Gasteiger partial charge in [-0.3, -0.25) is 9.79 Å². The second-order valence-electron chi connectivity index (χ2n) is 5.05. The molecule has 2 aromatic carbocycles. The largest absolute Gasteiger partial charge is 0.370 e. The van der Waals surface area contributed by atoms with Gasteiger partial charge in [0.1, 0.15) is 5.84 Å². The molecule has 1 heterocycles. The van der Waals surface area contributed by atoms with Crippen LogP contribution in [0.25, 0.3) is 0 Å². The summed E-state index contributed by atoms with van der Waals surface area (Å²) in [5.41, 5.74) is 2.38. The third-order valence-electron chi connectivity index (χ3n) is 3.40. The molecule has 22 heavy (non-hydrogen) atoms. The molecule has 2 aromatic rings. The molecule has 5 heteroatoms. The molecular weight excluding hydrogens is 342 g/mol. The van der Waals surface area contributed by atoms with Gasteiger partial charge in [-0.1, -0.05) is 28.1 Å². The fourth-order valence-electron chi connectivity index (χ4n) is 2.27. The summed E-state index contributed by atoms with van der Waals surface area (Å²) in [6.07, 6.45) is 1.06. The van der Waals surface area contributed by atoms with E-state index in [1.54, 1.807) is 12.1 Å². The smallest absolute Gasteiger partial charge is 0.255 e. The predicted octanol–water partition coefficient (Wildman–Crippen LogP) is 3.44. The monoisotopic (exact) mass is 357 g/mol. The Balaban J connectivity index is 1.76. The number of hydrogen-bond donors (Lipinski definition) is 2. The average molecular weight is 358 g/mol. The van der Waals surface area contributed by atoms with E-state index < -0.39 is 0 Å². The Morgan fingerprint density at radius 3 is 2.73 bits per heavy atom. The highest BCUT2D eigenvalue weighted by molar-refractivity contribution is 9.10. The summed E-state index contributed by atoms with van der Waals surface area (Å²) in [4.78, 5) is 16.7. The summed E-state index contributed by atoms with van der Waals surface area (Å²) in [5.74, 6) is 0.772. The van der Waals surface area contributed by atoms with E-state index in [4.69, 9.17) is 0 Å². The lowest BCUT2D eigenvalue weighted by Gasteiger charge is -2.15. The van der Waals surface area contributed by atoms with E-state index in [2.05, 4.69) is 31.6 Å². The number of hydrogen-bond acceptors (Lipinski definition) is 3. The van der Waals surface area contributed by atoms with Gasteiger partial charge in [-0.15, -0.1) is 0 Å². The maximum Gasteiger partial charge on any atom is 0.255 e. The first-order valence-electron chi connectivity index (χ1n) is 7.18. The summed E-state index contributed by atoms with van der Waals surface area (Å²) in [5, 5.41) is 6.21. The maximum absolute atomic E-state index is 12.2. The number of halogens is 1. The number of aliphatic imine (C=N–C) groups is 1. The van der Waals surface area contributed by atoms with Crippen LogP contribution in [0.2, 0.25) is 0 Å². The molecule has 0 unspecified atom stereocenters. The third-order valence-corrected chi connectivity index (χ3v) is 3.93. The number of amides is 1. The molecule has 1 aliphatic rings. The first-order chi connectivity index (χ1) is 10.7. The number of anilines is 1. The third kappa shape index (κ3) is 3.54. The molecule has 1 amide bonds. The van der Waals surface area contributed by atoms with Gasteiger partial charge in [-0.25, -0.2) is 0 Å². The highest BCUT2D eigenvalue weighted by Crippen LogP contribution is 2.15. The van der Waals surface area contributed by atoms with Gasteiger partial charge in [0.15, 0.2) is 0 Å². The lowest BCUT2D eigenvalue weighted by Crippen LogP contribution is -2.30. The van der Waals surface area contributed by atoms with Crippen molar-refractivity contribution in [2.75, 3.05) is 18.4 Å². The minimum absolute atomic E-state index is 0.122. The second-order valence-corrected chi connectivity index (χ2v) is 5.97. The topological polar surface area (TPSA) is 53.5 Å². The van der Waals surface area contributed by atoms with Gasteiger partial charge in [0.25, 0.3) is 5.91 Å². The van der Waals surface area contributed by atoms with Gasteiger partial charge in [-0.2, -0.15) is 0 Å². The molecule has 0 saturated heterocycles. The summed E-state index contributed by atoms with van der Waals surface area (Å²) in [6, 6.07) is 15.0. The first-order valence-corrected chi connectivity index (χ1v) is 7.97. The van der Waals surface area contributed by atoms with E-state index in [1.165, 1.54) is 0 Å². The van der Waals surface area contributed by atoms with Crippen molar-refractivity contribution in [3.05, 3.63) is 64.1 Å². The van der Waals surface area contributed by atoms with E-state index >= 15 is 0 Å². The summed E-state index contributed by atoms with van der Waals surface area (Å²) < 4.78 is 0.951. The number of rotatable bonds is 3. The number of nitrogens with zero attached hydrogens (tertiary/aromatic N) is 1. The van der Waals surface area contributed by atoms with Crippen molar-refractivity contribution in [1.82, 2.24) is 5.32 Å². The van der Waals surface area contributed by atoms with Crippen LogP contribution in [-0.2, 0) is 0 Å². The molecule has 0 atom stereocenters. The minimum Gasteiger partial charge on any atom is -0.370 e. The normalized spacial score (nSPS) is 14.0. The molecule has 0 bridgehead atoms. The zero-order valence-corrected chi connectivity index (χ0v) is 13.6. The molecule has 2 N–H and O–H groups in total. The molecule has 4 nitrogen and oxygen atoms in total. The van der Waals surface area contributed by atoms with Crippen LogP contribution in [0.3, 0.4) is 0 Å². The number of carbonyl (C=O) groups excluding carboxylic acids is 1. The fraction of sp³-hybridized carbons (Fsp3) is 0.176. The fourth-order valence-corrected chi connectivity index (χ4v) is 2.54. The molecule has 0 aliphatic carbocycles. The van der Waals surface area contributed by atoms with E-state index in [1.807, 2.05) is 36.4 Å². The predicted molar refractivity (Wildman–Crippen MR) is 92.6 cm³/mol. The van der Waals surface area contributed by atoms with Gasteiger partial charge >= 0.3 is 0 Å². The van der Waals surface area contributed by atoms with Crippen LogP contribution in [0.15, 0.2) is 58.0 Å². The lowest BCUT2D eigenvalue weighted by atomic mass is 10.1. The second kappa shape index (κ2) is 6.75. The Labute approximate surface area is 137 Å². The molecular formula is C17H16BrN3O. The average Bonchev–Trinajstić information content (AvgIpc) is 2.56. The lowest BCUT2D eigenvalue weighted by molar-refractivity contribution is 0.102. The highest BCUT2D eigenvalue weighted by atomic mass is 79.9.